The summed E-state index contributed by atoms with van der Waals surface area (Å²) in [5.41, 5.74) is 0.910. The summed E-state index contributed by atoms with van der Waals surface area (Å²) in [5, 5.41) is 3.08. The third-order valence-corrected chi connectivity index (χ3v) is 4.66. The van der Waals surface area contributed by atoms with Crippen LogP contribution < -0.4 is 5.32 Å². The highest BCUT2D eigenvalue weighted by Gasteiger charge is 2.23. The molecule has 0 saturated carbocycles. The Bertz CT molecular complexity index is 465. The van der Waals surface area contributed by atoms with Crippen molar-refractivity contribution in [2.45, 2.75) is 45.2 Å². The molecule has 1 N–H and O–H groups in total. The lowest BCUT2D eigenvalue weighted by atomic mass is 10.0. The quantitative estimate of drug-likeness (QED) is 0.910. The molecule has 122 valence electrons. The maximum absolute atomic E-state index is 12.4. The van der Waals surface area contributed by atoms with Crippen LogP contribution in [-0.2, 0) is 0 Å². The van der Waals surface area contributed by atoms with Crippen molar-refractivity contribution in [1.29, 1.82) is 0 Å². The van der Waals surface area contributed by atoms with Crippen LogP contribution in [0.15, 0.2) is 24.4 Å². The molecular weight excluding hydrogens is 276 g/mol. The molecule has 2 amide bonds. The average Bonchev–Trinajstić information content (AvgIpc) is 2.59. The highest BCUT2D eigenvalue weighted by molar-refractivity contribution is 5.74. The van der Waals surface area contributed by atoms with E-state index < -0.39 is 0 Å². The van der Waals surface area contributed by atoms with Gasteiger partial charge >= 0.3 is 6.03 Å². The molecule has 1 aliphatic heterocycles. The zero-order valence-electron chi connectivity index (χ0n) is 14.0. The molecule has 0 radical (unpaired) electrons. The first-order valence-corrected chi connectivity index (χ1v) is 8.29. The first kappa shape index (κ1) is 16.7. The number of likely N-dealkylation sites (N-methyl/N-ethyl adjacent to an activating group) is 1. The van der Waals surface area contributed by atoms with E-state index in [1.165, 1.54) is 19.3 Å². The van der Waals surface area contributed by atoms with Crippen LogP contribution in [0.3, 0.4) is 0 Å². The van der Waals surface area contributed by atoms with Crippen molar-refractivity contribution in [1.82, 2.24) is 20.1 Å². The zero-order chi connectivity index (χ0) is 15.9. The van der Waals surface area contributed by atoms with E-state index in [1.807, 2.05) is 32.2 Å². The van der Waals surface area contributed by atoms with Gasteiger partial charge in [-0.3, -0.25) is 9.88 Å². The number of nitrogens with zero attached hydrogens (tertiary/aromatic N) is 3. The number of carbonyl (C=O) groups is 1. The smallest absolute Gasteiger partial charge is 0.317 e. The molecule has 0 bridgehead atoms. The number of aromatic nitrogens is 1. The molecule has 0 spiro atoms. The van der Waals surface area contributed by atoms with E-state index in [-0.39, 0.29) is 12.1 Å². The molecule has 1 aromatic rings. The van der Waals surface area contributed by atoms with Crippen LogP contribution in [0.4, 0.5) is 4.79 Å². The van der Waals surface area contributed by atoms with Gasteiger partial charge < -0.3 is 10.2 Å². The fourth-order valence-corrected chi connectivity index (χ4v) is 3.03. The monoisotopic (exact) mass is 304 g/mol. The van der Waals surface area contributed by atoms with Crippen LogP contribution in [-0.4, -0.2) is 53.5 Å². The van der Waals surface area contributed by atoms with Crippen molar-refractivity contribution >= 4 is 6.03 Å². The van der Waals surface area contributed by atoms with Gasteiger partial charge in [-0.05, 0) is 45.0 Å². The summed E-state index contributed by atoms with van der Waals surface area (Å²) in [4.78, 5) is 20.9. The first-order chi connectivity index (χ1) is 10.6. The topological polar surface area (TPSA) is 48.5 Å². The molecule has 0 aliphatic carbocycles. The van der Waals surface area contributed by atoms with E-state index in [2.05, 4.69) is 22.1 Å². The highest BCUT2D eigenvalue weighted by Crippen LogP contribution is 2.17. The number of pyridine rings is 1. The minimum atomic E-state index is -0.0326. The van der Waals surface area contributed by atoms with Crippen molar-refractivity contribution in [3.63, 3.8) is 0 Å². The molecule has 2 heterocycles. The molecule has 0 unspecified atom stereocenters. The summed E-state index contributed by atoms with van der Waals surface area (Å²) < 4.78 is 0. The minimum Gasteiger partial charge on any atom is -0.336 e. The van der Waals surface area contributed by atoms with Gasteiger partial charge in [-0.25, -0.2) is 4.79 Å². The maximum atomic E-state index is 12.4. The van der Waals surface area contributed by atoms with Crippen molar-refractivity contribution in [2.75, 3.05) is 26.7 Å². The Hall–Kier alpha value is -1.62. The average molecular weight is 304 g/mol. The number of urea groups is 1. The lowest BCUT2D eigenvalue weighted by Gasteiger charge is -2.35. The molecule has 2 rings (SSSR count). The van der Waals surface area contributed by atoms with E-state index in [9.17, 15) is 4.79 Å². The second-order valence-corrected chi connectivity index (χ2v) is 6.01. The third kappa shape index (κ3) is 4.19. The van der Waals surface area contributed by atoms with Gasteiger partial charge in [0.15, 0.2) is 0 Å². The number of amides is 2. The predicted molar refractivity (Wildman–Crippen MR) is 88.7 cm³/mol. The van der Waals surface area contributed by atoms with Crippen molar-refractivity contribution in [3.05, 3.63) is 30.1 Å². The number of piperidine rings is 1. The Kier molecular flexibility index (Phi) is 6.19. The predicted octanol–water partition coefficient (Wildman–Crippen LogP) is 2.66. The summed E-state index contributed by atoms with van der Waals surface area (Å²) in [6.07, 6.45) is 5.47. The second-order valence-electron chi connectivity index (χ2n) is 6.01. The Balaban J connectivity index is 1.86. The van der Waals surface area contributed by atoms with Gasteiger partial charge in [-0.2, -0.15) is 0 Å². The van der Waals surface area contributed by atoms with Gasteiger partial charge in [0.25, 0.3) is 0 Å². The second kappa shape index (κ2) is 8.13. The van der Waals surface area contributed by atoms with Gasteiger partial charge in [0.2, 0.25) is 0 Å². The largest absolute Gasteiger partial charge is 0.336 e. The summed E-state index contributed by atoms with van der Waals surface area (Å²) in [7, 11) is 1.83. The minimum absolute atomic E-state index is 0.0280. The van der Waals surface area contributed by atoms with E-state index in [4.69, 9.17) is 0 Å². The summed E-state index contributed by atoms with van der Waals surface area (Å²) in [6, 6.07) is 6.20. The lowest BCUT2D eigenvalue weighted by molar-refractivity contribution is 0.147. The number of hydrogen-bond donors (Lipinski definition) is 1. The number of hydrogen-bond acceptors (Lipinski definition) is 3. The summed E-state index contributed by atoms with van der Waals surface area (Å²) in [6.45, 7) is 7.13. The maximum Gasteiger partial charge on any atom is 0.317 e. The number of likely N-dealkylation sites (tertiary alicyclic amines) is 1. The SMILES string of the molecule is CCN1CCCC[C@@H]1CNC(=O)N(C)[C@H](C)c1ccccn1. The van der Waals surface area contributed by atoms with E-state index in [1.54, 1.807) is 11.1 Å². The van der Waals surface area contributed by atoms with E-state index in [0.717, 1.165) is 25.3 Å². The van der Waals surface area contributed by atoms with Gasteiger partial charge in [0, 0.05) is 25.8 Å². The van der Waals surface area contributed by atoms with Gasteiger partial charge in [0.1, 0.15) is 0 Å². The number of carbonyl (C=O) groups excluding carboxylic acids is 1. The van der Waals surface area contributed by atoms with Crippen LogP contribution in [0, 0.1) is 0 Å². The molecule has 1 aliphatic rings. The molecule has 22 heavy (non-hydrogen) atoms. The Morgan fingerprint density at radius 1 is 1.50 bits per heavy atom. The summed E-state index contributed by atoms with van der Waals surface area (Å²) >= 11 is 0. The highest BCUT2D eigenvalue weighted by atomic mass is 16.2. The van der Waals surface area contributed by atoms with Crippen LogP contribution in [0.25, 0.3) is 0 Å². The molecule has 1 saturated heterocycles. The van der Waals surface area contributed by atoms with Gasteiger partial charge in [-0.1, -0.05) is 19.4 Å². The van der Waals surface area contributed by atoms with Crippen LogP contribution >= 0.6 is 0 Å². The molecule has 5 nitrogen and oxygen atoms in total. The fraction of sp³-hybridized carbons (Fsp3) is 0.647. The Morgan fingerprint density at radius 2 is 2.32 bits per heavy atom. The van der Waals surface area contributed by atoms with Gasteiger partial charge in [-0.15, -0.1) is 0 Å². The molecule has 1 aromatic heterocycles. The Morgan fingerprint density at radius 3 is 3.00 bits per heavy atom. The third-order valence-electron chi connectivity index (χ3n) is 4.66. The number of nitrogens with one attached hydrogen (secondary N) is 1. The van der Waals surface area contributed by atoms with Crippen molar-refractivity contribution in [3.8, 4) is 0 Å². The lowest BCUT2D eigenvalue weighted by Crippen LogP contribution is -2.49. The van der Waals surface area contributed by atoms with Crippen molar-refractivity contribution < 1.29 is 4.79 Å². The number of rotatable bonds is 5. The van der Waals surface area contributed by atoms with Crippen LogP contribution in [0.1, 0.15) is 44.8 Å². The zero-order valence-corrected chi connectivity index (χ0v) is 14.0. The molecule has 5 heteroatoms. The molecule has 1 fully saturated rings. The normalized spacial score (nSPS) is 20.4. The summed E-state index contributed by atoms with van der Waals surface area (Å²) in [5.74, 6) is 0. The fourth-order valence-electron chi connectivity index (χ4n) is 3.03. The molecule has 0 aromatic carbocycles. The van der Waals surface area contributed by atoms with E-state index >= 15 is 0 Å². The van der Waals surface area contributed by atoms with Crippen LogP contribution in [0.5, 0.6) is 0 Å². The van der Waals surface area contributed by atoms with Crippen LogP contribution in [0.2, 0.25) is 0 Å². The van der Waals surface area contributed by atoms with Gasteiger partial charge in [0.05, 0.1) is 11.7 Å². The standard InChI is InChI=1S/C17H28N4O/c1-4-21-12-8-6-9-15(21)13-19-17(22)20(3)14(2)16-10-5-7-11-18-16/h5,7,10-11,14-15H,4,6,8-9,12-13H2,1-3H3,(H,19,22)/t14-,15-/m1/s1. The first-order valence-electron chi connectivity index (χ1n) is 8.29. The molecule has 2 atom stereocenters. The van der Waals surface area contributed by atoms with Crippen molar-refractivity contribution in [2.24, 2.45) is 0 Å². The van der Waals surface area contributed by atoms with E-state index in [0.29, 0.717) is 6.04 Å². The molecular formula is C17H28N4O. The Labute approximate surface area is 133 Å².